The molecule has 1 aliphatic rings. The van der Waals surface area contributed by atoms with Crippen molar-refractivity contribution in [3.63, 3.8) is 0 Å². The highest BCUT2D eigenvalue weighted by Crippen LogP contribution is 2.38. The molecule has 0 aliphatic heterocycles. The highest BCUT2D eigenvalue weighted by atomic mass is 28.4. The van der Waals surface area contributed by atoms with Crippen LogP contribution in [0.15, 0.2) is 85.0 Å². The van der Waals surface area contributed by atoms with E-state index < -0.39 is 8.32 Å². The van der Waals surface area contributed by atoms with Crippen molar-refractivity contribution < 1.29 is 14.0 Å². The third-order valence-electron chi connectivity index (χ3n) is 5.61. The van der Waals surface area contributed by atoms with Crippen molar-refractivity contribution in [2.24, 2.45) is 5.92 Å². The van der Waals surface area contributed by atoms with Crippen LogP contribution < -0.4 is 10.4 Å². The summed E-state index contributed by atoms with van der Waals surface area (Å²) in [5, 5.41) is 2.56. The fraction of sp³-hybridized carbons (Fsp3) is 0.346. The van der Waals surface area contributed by atoms with E-state index in [9.17, 15) is 4.79 Å². The number of benzene rings is 2. The molecule has 0 bridgehead atoms. The number of ether oxygens (including phenoxy) is 1. The fourth-order valence-corrected chi connectivity index (χ4v) is 8.72. The van der Waals surface area contributed by atoms with E-state index in [0.29, 0.717) is 6.61 Å². The summed E-state index contributed by atoms with van der Waals surface area (Å²) in [5.74, 6) is -0.310. The van der Waals surface area contributed by atoms with Crippen LogP contribution in [0.3, 0.4) is 0 Å². The first-order valence-electron chi connectivity index (χ1n) is 10.6. The molecule has 30 heavy (non-hydrogen) atoms. The molecule has 0 heterocycles. The molecular weight excluding hydrogens is 388 g/mol. The zero-order chi connectivity index (χ0) is 21.6. The molecule has 0 aromatic heterocycles. The first kappa shape index (κ1) is 22.3. The summed E-state index contributed by atoms with van der Waals surface area (Å²) in [6, 6.07) is 21.3. The van der Waals surface area contributed by atoms with E-state index in [4.69, 9.17) is 9.16 Å². The predicted molar refractivity (Wildman–Crippen MR) is 126 cm³/mol. The standard InChI is InChI=1S/C26H32O3Si/c1-5-18-28-25(27)24-20-21(24)13-12-19-29-30(26(2,3)4,22-14-8-6-9-15-22)23-16-10-7-11-17-23/h5-11,14-17,20,24H,1,12-13,18-19H2,2-4H3. The Labute approximate surface area is 181 Å². The molecule has 0 fully saturated rings. The molecule has 0 radical (unpaired) electrons. The molecule has 1 unspecified atom stereocenters. The lowest BCUT2D eigenvalue weighted by atomic mass is 10.2. The second kappa shape index (κ2) is 9.58. The third kappa shape index (κ3) is 4.82. The molecule has 0 spiro atoms. The molecule has 1 aliphatic carbocycles. The topological polar surface area (TPSA) is 35.5 Å². The van der Waals surface area contributed by atoms with E-state index in [1.165, 1.54) is 10.4 Å². The Morgan fingerprint density at radius 1 is 1.03 bits per heavy atom. The van der Waals surface area contributed by atoms with Crippen molar-refractivity contribution in [3.05, 3.63) is 85.0 Å². The molecule has 158 valence electrons. The van der Waals surface area contributed by atoms with Gasteiger partial charge in [-0.25, -0.2) is 0 Å². The normalized spacial score (nSPS) is 16.0. The lowest BCUT2D eigenvalue weighted by molar-refractivity contribution is -0.143. The maximum Gasteiger partial charge on any atom is 0.317 e. The Balaban J connectivity index is 1.71. The number of rotatable bonds is 10. The summed E-state index contributed by atoms with van der Waals surface area (Å²) >= 11 is 0. The van der Waals surface area contributed by atoms with Crippen molar-refractivity contribution in [1.82, 2.24) is 0 Å². The average molecular weight is 421 g/mol. The van der Waals surface area contributed by atoms with Crippen LogP contribution in [-0.4, -0.2) is 27.5 Å². The van der Waals surface area contributed by atoms with Gasteiger partial charge in [0, 0.05) is 6.61 Å². The summed E-state index contributed by atoms with van der Waals surface area (Å²) in [7, 11) is -2.48. The summed E-state index contributed by atoms with van der Waals surface area (Å²) in [4.78, 5) is 11.9. The molecule has 0 amide bonds. The smallest absolute Gasteiger partial charge is 0.317 e. The van der Waals surface area contributed by atoms with Crippen molar-refractivity contribution in [1.29, 1.82) is 0 Å². The maximum absolute atomic E-state index is 11.9. The zero-order valence-electron chi connectivity index (χ0n) is 18.3. The van der Waals surface area contributed by atoms with Gasteiger partial charge in [0.2, 0.25) is 0 Å². The number of carbonyl (C=O) groups excluding carboxylic acids is 1. The van der Waals surface area contributed by atoms with Gasteiger partial charge < -0.3 is 9.16 Å². The molecule has 2 aromatic rings. The van der Waals surface area contributed by atoms with Gasteiger partial charge in [0.1, 0.15) is 6.61 Å². The molecule has 0 N–H and O–H groups in total. The number of hydrogen-bond acceptors (Lipinski definition) is 3. The van der Waals surface area contributed by atoms with Gasteiger partial charge >= 0.3 is 5.97 Å². The maximum atomic E-state index is 11.9. The highest BCUT2D eigenvalue weighted by Gasteiger charge is 2.50. The van der Waals surface area contributed by atoms with Crippen LogP contribution in [-0.2, 0) is 14.0 Å². The summed E-state index contributed by atoms with van der Waals surface area (Å²) in [6.07, 6.45) is 5.35. The monoisotopic (exact) mass is 420 g/mol. The van der Waals surface area contributed by atoms with E-state index in [0.717, 1.165) is 18.4 Å². The Kier molecular flexibility index (Phi) is 7.11. The van der Waals surface area contributed by atoms with Crippen molar-refractivity contribution in [2.75, 3.05) is 13.2 Å². The number of hydrogen-bond donors (Lipinski definition) is 0. The van der Waals surface area contributed by atoms with Gasteiger partial charge in [0.15, 0.2) is 0 Å². The molecule has 3 rings (SSSR count). The Bertz CT molecular complexity index is 842. The van der Waals surface area contributed by atoms with Crippen molar-refractivity contribution >= 4 is 24.7 Å². The summed E-state index contributed by atoms with van der Waals surface area (Å²) < 4.78 is 12.0. The van der Waals surface area contributed by atoms with Crippen LogP contribution in [0.1, 0.15) is 33.6 Å². The minimum absolute atomic E-state index is 0.0222. The van der Waals surface area contributed by atoms with Gasteiger partial charge in [-0.2, -0.15) is 0 Å². The molecule has 3 nitrogen and oxygen atoms in total. The SMILES string of the molecule is C=CCOC(=O)C1C=C1CCCO[Si](c1ccccc1)(c1ccccc1)C(C)(C)C. The van der Waals surface area contributed by atoms with Gasteiger partial charge in [-0.15, -0.1) is 0 Å². The van der Waals surface area contributed by atoms with Gasteiger partial charge in [-0.1, -0.05) is 106 Å². The zero-order valence-corrected chi connectivity index (χ0v) is 19.3. The minimum atomic E-state index is -2.48. The Morgan fingerprint density at radius 2 is 1.60 bits per heavy atom. The Hall–Kier alpha value is -2.43. The Morgan fingerprint density at radius 3 is 2.10 bits per heavy atom. The van der Waals surface area contributed by atoms with Crippen LogP contribution in [0, 0.1) is 5.92 Å². The minimum Gasteiger partial charge on any atom is -0.461 e. The summed E-state index contributed by atoms with van der Waals surface area (Å²) in [5.41, 5.74) is 1.16. The van der Waals surface area contributed by atoms with E-state index in [2.05, 4.69) is 88.0 Å². The van der Waals surface area contributed by atoms with Crippen LogP contribution >= 0.6 is 0 Å². The molecular formula is C26H32O3Si. The van der Waals surface area contributed by atoms with Crippen molar-refractivity contribution in [2.45, 2.75) is 38.7 Å². The first-order chi connectivity index (χ1) is 14.4. The first-order valence-corrected chi connectivity index (χ1v) is 12.5. The van der Waals surface area contributed by atoms with Crippen LogP contribution in [0.5, 0.6) is 0 Å². The van der Waals surface area contributed by atoms with E-state index >= 15 is 0 Å². The molecule has 2 aromatic carbocycles. The fourth-order valence-electron chi connectivity index (χ4n) is 4.12. The second-order valence-electron chi connectivity index (χ2n) is 8.75. The van der Waals surface area contributed by atoms with Crippen LogP contribution in [0.2, 0.25) is 5.04 Å². The number of esters is 1. The molecule has 0 saturated heterocycles. The van der Waals surface area contributed by atoms with Crippen LogP contribution in [0.4, 0.5) is 0 Å². The quantitative estimate of drug-likeness (QED) is 0.243. The summed E-state index contributed by atoms with van der Waals surface area (Å²) in [6.45, 7) is 11.4. The second-order valence-corrected chi connectivity index (χ2v) is 13.1. The molecule has 0 saturated carbocycles. The predicted octanol–water partition coefficient (Wildman–Crippen LogP) is 4.63. The van der Waals surface area contributed by atoms with Gasteiger partial charge in [0.25, 0.3) is 8.32 Å². The average Bonchev–Trinajstić information content (AvgIpc) is 3.52. The number of carbonyl (C=O) groups is 1. The third-order valence-corrected chi connectivity index (χ3v) is 10.7. The van der Waals surface area contributed by atoms with E-state index in [-0.39, 0.29) is 23.5 Å². The van der Waals surface area contributed by atoms with Gasteiger partial charge in [-0.3, -0.25) is 4.79 Å². The van der Waals surface area contributed by atoms with E-state index in [1.54, 1.807) is 6.08 Å². The lowest BCUT2D eigenvalue weighted by Gasteiger charge is -2.43. The van der Waals surface area contributed by atoms with Crippen LogP contribution in [0.25, 0.3) is 0 Å². The van der Waals surface area contributed by atoms with E-state index in [1.807, 2.05) is 6.08 Å². The van der Waals surface area contributed by atoms with Crippen molar-refractivity contribution in [3.8, 4) is 0 Å². The van der Waals surface area contributed by atoms with Gasteiger partial charge in [0.05, 0.1) is 5.92 Å². The largest absolute Gasteiger partial charge is 0.461 e. The molecule has 1 atom stereocenters. The lowest BCUT2D eigenvalue weighted by Crippen LogP contribution is -2.66. The molecule has 4 heteroatoms. The van der Waals surface area contributed by atoms with Gasteiger partial charge in [-0.05, 0) is 28.3 Å². The highest BCUT2D eigenvalue weighted by molar-refractivity contribution is 6.99.